The second kappa shape index (κ2) is 9.81. The number of aliphatic hydroxyl groups is 6. The molecule has 1 aromatic carbocycles. The Morgan fingerprint density at radius 3 is 2.32 bits per heavy atom. The maximum atomic E-state index is 10.3. The lowest BCUT2D eigenvalue weighted by Gasteiger charge is -2.40. The molecular formula is C19H28O12. The zero-order valence-corrected chi connectivity index (χ0v) is 17.0. The SMILES string of the molecule is COc1ccc(OC2O[C@H](COC3OCC(O)(CO)[C@H]3O)[C@@H](O)[C@H](O)[C@H]2O)cc1OC. The molecule has 3 rings (SSSR count). The molecule has 0 aromatic heterocycles. The molecule has 8 atom stereocenters. The first-order valence-corrected chi connectivity index (χ1v) is 9.57. The number of ether oxygens (including phenoxy) is 6. The van der Waals surface area contributed by atoms with Crippen LogP contribution in [0.2, 0.25) is 0 Å². The van der Waals surface area contributed by atoms with E-state index in [1.807, 2.05) is 0 Å². The Hall–Kier alpha value is -1.74. The Morgan fingerprint density at radius 1 is 1.00 bits per heavy atom. The van der Waals surface area contributed by atoms with Crippen molar-refractivity contribution in [2.75, 3.05) is 34.0 Å². The molecule has 0 aliphatic carbocycles. The predicted molar refractivity (Wildman–Crippen MR) is 101 cm³/mol. The normalized spacial score (nSPS) is 38.1. The fraction of sp³-hybridized carbons (Fsp3) is 0.684. The topological polar surface area (TPSA) is 177 Å². The van der Waals surface area contributed by atoms with Gasteiger partial charge in [-0.15, -0.1) is 0 Å². The highest BCUT2D eigenvalue weighted by Crippen LogP contribution is 2.33. The van der Waals surface area contributed by atoms with Crippen LogP contribution in [0.15, 0.2) is 18.2 Å². The smallest absolute Gasteiger partial charge is 0.229 e. The minimum absolute atomic E-state index is 0.243. The van der Waals surface area contributed by atoms with Gasteiger partial charge in [-0.05, 0) is 12.1 Å². The molecule has 2 saturated heterocycles. The molecule has 31 heavy (non-hydrogen) atoms. The molecule has 0 saturated carbocycles. The van der Waals surface area contributed by atoms with Gasteiger partial charge in [0.2, 0.25) is 6.29 Å². The summed E-state index contributed by atoms with van der Waals surface area (Å²) >= 11 is 0. The number of methoxy groups -OCH3 is 2. The molecule has 12 heteroatoms. The number of hydrogen-bond acceptors (Lipinski definition) is 12. The lowest BCUT2D eigenvalue weighted by Crippen LogP contribution is -2.60. The van der Waals surface area contributed by atoms with E-state index in [0.717, 1.165) is 0 Å². The van der Waals surface area contributed by atoms with Crippen molar-refractivity contribution in [3.8, 4) is 17.2 Å². The van der Waals surface area contributed by atoms with Crippen LogP contribution >= 0.6 is 0 Å². The van der Waals surface area contributed by atoms with Gasteiger partial charge in [-0.3, -0.25) is 0 Å². The van der Waals surface area contributed by atoms with Gasteiger partial charge < -0.3 is 59.1 Å². The Kier molecular flexibility index (Phi) is 7.57. The average molecular weight is 448 g/mol. The Balaban J connectivity index is 1.65. The molecule has 12 nitrogen and oxygen atoms in total. The first-order valence-electron chi connectivity index (χ1n) is 9.57. The first-order chi connectivity index (χ1) is 14.7. The van der Waals surface area contributed by atoms with Crippen molar-refractivity contribution in [3.63, 3.8) is 0 Å². The van der Waals surface area contributed by atoms with E-state index in [2.05, 4.69) is 0 Å². The van der Waals surface area contributed by atoms with E-state index in [1.54, 1.807) is 12.1 Å². The van der Waals surface area contributed by atoms with Gasteiger partial charge in [0, 0.05) is 6.07 Å². The van der Waals surface area contributed by atoms with E-state index in [9.17, 15) is 30.6 Å². The molecule has 2 fully saturated rings. The van der Waals surface area contributed by atoms with E-state index in [-0.39, 0.29) is 19.0 Å². The lowest BCUT2D eigenvalue weighted by molar-refractivity contribution is -0.289. The number of hydrogen-bond donors (Lipinski definition) is 6. The molecule has 0 radical (unpaired) electrons. The summed E-state index contributed by atoms with van der Waals surface area (Å²) in [6.07, 6.45) is -10.1. The third-order valence-electron chi connectivity index (χ3n) is 5.28. The summed E-state index contributed by atoms with van der Waals surface area (Å²) < 4.78 is 32.0. The van der Waals surface area contributed by atoms with Crippen LogP contribution in [0.5, 0.6) is 17.2 Å². The summed E-state index contributed by atoms with van der Waals surface area (Å²) in [6.45, 7) is -1.46. The molecule has 2 heterocycles. The summed E-state index contributed by atoms with van der Waals surface area (Å²) in [5.41, 5.74) is -1.87. The molecule has 0 amide bonds. The molecule has 2 aliphatic heterocycles. The van der Waals surface area contributed by atoms with Crippen LogP contribution < -0.4 is 14.2 Å². The van der Waals surface area contributed by atoms with E-state index < -0.39 is 55.3 Å². The van der Waals surface area contributed by atoms with E-state index in [0.29, 0.717) is 11.5 Å². The van der Waals surface area contributed by atoms with Gasteiger partial charge in [0.25, 0.3) is 0 Å². The van der Waals surface area contributed by atoms with Gasteiger partial charge in [-0.2, -0.15) is 0 Å². The maximum absolute atomic E-state index is 10.3. The fourth-order valence-corrected chi connectivity index (χ4v) is 3.30. The highest BCUT2D eigenvalue weighted by Gasteiger charge is 2.50. The summed E-state index contributed by atoms with van der Waals surface area (Å²) in [6, 6.07) is 4.62. The highest BCUT2D eigenvalue weighted by atomic mass is 16.7. The van der Waals surface area contributed by atoms with Gasteiger partial charge in [0.1, 0.15) is 41.9 Å². The van der Waals surface area contributed by atoms with Gasteiger partial charge in [0.15, 0.2) is 17.8 Å². The molecule has 3 unspecified atom stereocenters. The predicted octanol–water partition coefficient (Wildman–Crippen LogP) is -2.65. The zero-order chi connectivity index (χ0) is 22.8. The minimum Gasteiger partial charge on any atom is -0.493 e. The molecule has 6 N–H and O–H groups in total. The monoisotopic (exact) mass is 448 g/mol. The standard InChI is InChI=1S/C19H28O12/c1-26-10-4-3-9(5-11(10)27-2)30-17-15(23)14(22)13(21)12(31-17)6-28-18-16(24)19(25,7-20)8-29-18/h3-5,12-18,20-25H,6-8H2,1-2H3/t12-,13-,14+,15-,16+,17?,18?,19?/m1/s1. The molecule has 0 bridgehead atoms. The van der Waals surface area contributed by atoms with Crippen LogP contribution in [0, 0.1) is 0 Å². The Bertz CT molecular complexity index is 732. The quantitative estimate of drug-likeness (QED) is 0.244. The van der Waals surface area contributed by atoms with Gasteiger partial charge >= 0.3 is 0 Å². The van der Waals surface area contributed by atoms with Crippen LogP contribution in [0.3, 0.4) is 0 Å². The van der Waals surface area contributed by atoms with Crippen molar-refractivity contribution in [1.29, 1.82) is 0 Å². The third kappa shape index (κ3) is 4.87. The van der Waals surface area contributed by atoms with Gasteiger partial charge in [0.05, 0.1) is 34.0 Å². The first kappa shape index (κ1) is 23.9. The Morgan fingerprint density at radius 2 is 1.71 bits per heavy atom. The zero-order valence-electron chi connectivity index (χ0n) is 17.0. The lowest BCUT2D eigenvalue weighted by atomic mass is 9.99. The molecule has 176 valence electrons. The number of benzene rings is 1. The summed E-state index contributed by atoms with van der Waals surface area (Å²) in [7, 11) is 2.92. The van der Waals surface area contributed by atoms with Crippen LogP contribution in [-0.4, -0.2) is 113 Å². The van der Waals surface area contributed by atoms with Crippen molar-refractivity contribution in [2.45, 2.75) is 48.7 Å². The fourth-order valence-electron chi connectivity index (χ4n) is 3.30. The largest absolute Gasteiger partial charge is 0.493 e. The van der Waals surface area contributed by atoms with Crippen molar-refractivity contribution in [2.24, 2.45) is 0 Å². The van der Waals surface area contributed by atoms with Crippen molar-refractivity contribution < 1.29 is 59.1 Å². The highest BCUT2D eigenvalue weighted by molar-refractivity contribution is 5.45. The van der Waals surface area contributed by atoms with E-state index >= 15 is 0 Å². The van der Waals surface area contributed by atoms with Crippen LogP contribution in [0.25, 0.3) is 0 Å². The van der Waals surface area contributed by atoms with E-state index in [4.69, 9.17) is 28.4 Å². The van der Waals surface area contributed by atoms with Gasteiger partial charge in [-0.1, -0.05) is 0 Å². The van der Waals surface area contributed by atoms with Crippen molar-refractivity contribution in [3.05, 3.63) is 18.2 Å². The average Bonchev–Trinajstić information content (AvgIpc) is 3.07. The third-order valence-corrected chi connectivity index (χ3v) is 5.28. The maximum Gasteiger partial charge on any atom is 0.229 e. The molecule has 1 aromatic rings. The molecule has 0 spiro atoms. The second-order valence-corrected chi connectivity index (χ2v) is 7.37. The van der Waals surface area contributed by atoms with Crippen molar-refractivity contribution in [1.82, 2.24) is 0 Å². The Labute approximate surface area is 178 Å². The van der Waals surface area contributed by atoms with Crippen LogP contribution in [-0.2, 0) is 14.2 Å². The van der Waals surface area contributed by atoms with E-state index in [1.165, 1.54) is 20.3 Å². The molecule has 2 aliphatic rings. The van der Waals surface area contributed by atoms with Gasteiger partial charge in [-0.25, -0.2) is 0 Å². The van der Waals surface area contributed by atoms with Crippen LogP contribution in [0.4, 0.5) is 0 Å². The number of rotatable bonds is 8. The second-order valence-electron chi connectivity index (χ2n) is 7.37. The summed E-state index contributed by atoms with van der Waals surface area (Å²) in [5.74, 6) is 1.07. The summed E-state index contributed by atoms with van der Waals surface area (Å²) in [4.78, 5) is 0. The van der Waals surface area contributed by atoms with Crippen molar-refractivity contribution >= 4 is 0 Å². The number of aliphatic hydroxyl groups excluding tert-OH is 5. The molecular weight excluding hydrogens is 420 g/mol. The summed E-state index contributed by atoms with van der Waals surface area (Å²) in [5, 5.41) is 59.9. The minimum atomic E-state index is -1.87. The van der Waals surface area contributed by atoms with Crippen LogP contribution in [0.1, 0.15) is 0 Å².